The van der Waals surface area contributed by atoms with Crippen LogP contribution in [0.1, 0.15) is 25.8 Å². The topological polar surface area (TPSA) is 21.3 Å². The molecular weight excluding hydrogens is 236 g/mol. The predicted octanol–water partition coefficient (Wildman–Crippen LogP) is 2.87. The van der Waals surface area contributed by atoms with Crippen LogP contribution in [-0.4, -0.2) is 26.8 Å². The molecule has 0 aliphatic carbocycles. The highest BCUT2D eigenvalue weighted by atomic mass is 19.2. The summed E-state index contributed by atoms with van der Waals surface area (Å²) in [6.07, 6.45) is 0.849. The molecule has 0 fully saturated rings. The molecule has 0 unspecified atom stereocenters. The summed E-state index contributed by atoms with van der Waals surface area (Å²) in [5, 5.41) is 3.25. The van der Waals surface area contributed by atoms with Crippen LogP contribution in [0.15, 0.2) is 18.2 Å². The fourth-order valence-corrected chi connectivity index (χ4v) is 1.76. The van der Waals surface area contributed by atoms with Crippen LogP contribution in [0.4, 0.5) is 8.78 Å². The highest BCUT2D eigenvalue weighted by molar-refractivity contribution is 5.25. The van der Waals surface area contributed by atoms with Gasteiger partial charge in [-0.25, -0.2) is 8.78 Å². The Morgan fingerprint density at radius 1 is 1.17 bits per heavy atom. The molecule has 0 heterocycles. The molecule has 0 amide bonds. The minimum atomic E-state index is -0.798. The van der Waals surface area contributed by atoms with Crippen molar-refractivity contribution in [3.8, 4) is 0 Å². The van der Waals surface area contributed by atoms with Gasteiger partial charge >= 0.3 is 0 Å². The number of halogens is 2. The molecule has 0 aliphatic rings. The van der Waals surface area contributed by atoms with Gasteiger partial charge in [-0.1, -0.05) is 19.9 Å². The van der Waals surface area contributed by atoms with E-state index in [2.05, 4.69) is 5.32 Å². The molecule has 0 radical (unpaired) electrons. The molecule has 0 saturated carbocycles. The molecule has 4 heteroatoms. The first kappa shape index (κ1) is 15.1. The lowest BCUT2D eigenvalue weighted by Crippen LogP contribution is -2.27. The SMILES string of the molecule is COCCNCCC(C)(C)c1ccc(F)c(F)c1. The fourth-order valence-electron chi connectivity index (χ4n) is 1.76. The molecule has 1 aromatic carbocycles. The zero-order valence-corrected chi connectivity index (χ0v) is 11.2. The van der Waals surface area contributed by atoms with Crippen LogP contribution in [0.25, 0.3) is 0 Å². The van der Waals surface area contributed by atoms with E-state index in [9.17, 15) is 8.78 Å². The van der Waals surface area contributed by atoms with Crippen molar-refractivity contribution < 1.29 is 13.5 Å². The highest BCUT2D eigenvalue weighted by Crippen LogP contribution is 2.27. The quantitative estimate of drug-likeness (QED) is 0.758. The molecule has 0 aromatic heterocycles. The number of rotatable bonds is 7. The van der Waals surface area contributed by atoms with Gasteiger partial charge in [0.1, 0.15) is 0 Å². The van der Waals surface area contributed by atoms with Gasteiger partial charge in [0.15, 0.2) is 11.6 Å². The Hall–Kier alpha value is -1.00. The van der Waals surface area contributed by atoms with E-state index in [4.69, 9.17) is 4.74 Å². The minimum Gasteiger partial charge on any atom is -0.383 e. The van der Waals surface area contributed by atoms with Crippen molar-refractivity contribution in [1.29, 1.82) is 0 Å². The molecule has 0 bridgehead atoms. The normalized spacial score (nSPS) is 11.8. The van der Waals surface area contributed by atoms with Gasteiger partial charge in [-0.05, 0) is 36.1 Å². The van der Waals surface area contributed by atoms with Crippen LogP contribution in [0.2, 0.25) is 0 Å². The second-order valence-corrected chi connectivity index (χ2v) is 5.01. The number of methoxy groups -OCH3 is 1. The van der Waals surface area contributed by atoms with Gasteiger partial charge in [-0.3, -0.25) is 0 Å². The van der Waals surface area contributed by atoms with Gasteiger partial charge < -0.3 is 10.1 Å². The third-order valence-electron chi connectivity index (χ3n) is 3.11. The summed E-state index contributed by atoms with van der Waals surface area (Å²) in [6.45, 7) is 6.33. The molecule has 102 valence electrons. The molecule has 0 saturated heterocycles. The van der Waals surface area contributed by atoms with E-state index in [1.54, 1.807) is 13.2 Å². The lowest BCUT2D eigenvalue weighted by Gasteiger charge is -2.25. The molecule has 1 aromatic rings. The van der Waals surface area contributed by atoms with Crippen molar-refractivity contribution in [3.05, 3.63) is 35.4 Å². The largest absolute Gasteiger partial charge is 0.383 e. The van der Waals surface area contributed by atoms with E-state index in [0.717, 1.165) is 25.1 Å². The zero-order valence-electron chi connectivity index (χ0n) is 11.2. The standard InChI is InChI=1S/C14H21F2NO/c1-14(2,6-7-17-8-9-18-3)11-4-5-12(15)13(16)10-11/h4-5,10,17H,6-9H2,1-3H3. The monoisotopic (exact) mass is 257 g/mol. The van der Waals surface area contributed by atoms with Crippen LogP contribution in [0.3, 0.4) is 0 Å². The number of benzene rings is 1. The van der Waals surface area contributed by atoms with Crippen LogP contribution < -0.4 is 5.32 Å². The smallest absolute Gasteiger partial charge is 0.159 e. The van der Waals surface area contributed by atoms with Crippen molar-refractivity contribution >= 4 is 0 Å². The Morgan fingerprint density at radius 3 is 2.50 bits per heavy atom. The summed E-state index contributed by atoms with van der Waals surface area (Å²) in [6, 6.07) is 4.11. The lowest BCUT2D eigenvalue weighted by atomic mass is 9.81. The van der Waals surface area contributed by atoms with E-state index in [0.29, 0.717) is 6.61 Å². The molecular formula is C14H21F2NO. The Morgan fingerprint density at radius 2 is 1.89 bits per heavy atom. The average Bonchev–Trinajstić information content (AvgIpc) is 2.32. The van der Waals surface area contributed by atoms with Gasteiger partial charge in [0.05, 0.1) is 6.61 Å². The molecule has 1 rings (SSSR count). The summed E-state index contributed by atoms with van der Waals surface area (Å²) < 4.78 is 31.0. The van der Waals surface area contributed by atoms with Crippen LogP contribution in [0.5, 0.6) is 0 Å². The number of ether oxygens (including phenoxy) is 1. The maximum absolute atomic E-state index is 13.2. The molecule has 1 N–H and O–H groups in total. The Labute approximate surface area is 107 Å². The van der Waals surface area contributed by atoms with Crippen molar-refractivity contribution in [3.63, 3.8) is 0 Å². The molecule has 2 nitrogen and oxygen atoms in total. The summed E-state index contributed by atoms with van der Waals surface area (Å²) in [5.74, 6) is -1.58. The Balaban J connectivity index is 2.54. The van der Waals surface area contributed by atoms with Crippen molar-refractivity contribution in [1.82, 2.24) is 5.32 Å². The maximum Gasteiger partial charge on any atom is 0.159 e. The van der Waals surface area contributed by atoms with E-state index in [1.807, 2.05) is 13.8 Å². The molecule has 18 heavy (non-hydrogen) atoms. The van der Waals surface area contributed by atoms with E-state index >= 15 is 0 Å². The van der Waals surface area contributed by atoms with Gasteiger partial charge in [0.2, 0.25) is 0 Å². The summed E-state index contributed by atoms with van der Waals surface area (Å²) >= 11 is 0. The van der Waals surface area contributed by atoms with Gasteiger partial charge in [-0.15, -0.1) is 0 Å². The molecule has 0 spiro atoms. The predicted molar refractivity (Wildman–Crippen MR) is 68.7 cm³/mol. The Kier molecular flexibility index (Phi) is 5.69. The lowest BCUT2D eigenvalue weighted by molar-refractivity contribution is 0.198. The summed E-state index contributed by atoms with van der Waals surface area (Å²) in [5.41, 5.74) is 0.629. The zero-order chi connectivity index (χ0) is 13.6. The van der Waals surface area contributed by atoms with Crippen LogP contribution in [-0.2, 0) is 10.2 Å². The van der Waals surface area contributed by atoms with Crippen molar-refractivity contribution in [2.75, 3.05) is 26.8 Å². The van der Waals surface area contributed by atoms with Crippen LogP contribution >= 0.6 is 0 Å². The first-order chi connectivity index (χ1) is 8.47. The maximum atomic E-state index is 13.2. The van der Waals surface area contributed by atoms with Crippen molar-refractivity contribution in [2.45, 2.75) is 25.7 Å². The number of nitrogens with one attached hydrogen (secondary N) is 1. The third kappa shape index (κ3) is 4.35. The number of hydrogen-bond donors (Lipinski definition) is 1. The Bertz CT molecular complexity index is 380. The molecule has 0 aliphatic heterocycles. The number of hydrogen-bond acceptors (Lipinski definition) is 2. The van der Waals surface area contributed by atoms with E-state index in [-0.39, 0.29) is 5.41 Å². The van der Waals surface area contributed by atoms with Crippen molar-refractivity contribution in [2.24, 2.45) is 0 Å². The van der Waals surface area contributed by atoms with E-state index in [1.165, 1.54) is 12.1 Å². The second kappa shape index (κ2) is 6.81. The fraction of sp³-hybridized carbons (Fsp3) is 0.571. The average molecular weight is 257 g/mol. The molecule has 0 atom stereocenters. The summed E-state index contributed by atoms with van der Waals surface area (Å²) in [7, 11) is 1.66. The minimum absolute atomic E-state index is 0.186. The first-order valence-corrected chi connectivity index (χ1v) is 6.12. The first-order valence-electron chi connectivity index (χ1n) is 6.12. The summed E-state index contributed by atoms with van der Waals surface area (Å²) in [4.78, 5) is 0. The highest BCUT2D eigenvalue weighted by Gasteiger charge is 2.21. The van der Waals surface area contributed by atoms with Gasteiger partial charge in [0, 0.05) is 13.7 Å². The van der Waals surface area contributed by atoms with Crippen LogP contribution in [0, 0.1) is 11.6 Å². The van der Waals surface area contributed by atoms with Gasteiger partial charge in [0.25, 0.3) is 0 Å². The third-order valence-corrected chi connectivity index (χ3v) is 3.11. The van der Waals surface area contributed by atoms with E-state index < -0.39 is 11.6 Å². The second-order valence-electron chi connectivity index (χ2n) is 5.01. The van der Waals surface area contributed by atoms with Gasteiger partial charge in [-0.2, -0.15) is 0 Å².